The number of hydrogen-bond acceptors (Lipinski definition) is 8. The first-order valence-corrected chi connectivity index (χ1v) is 7.20. The van der Waals surface area contributed by atoms with Gasteiger partial charge >= 0.3 is 6.03 Å². The van der Waals surface area contributed by atoms with E-state index >= 15 is 0 Å². The summed E-state index contributed by atoms with van der Waals surface area (Å²) in [5.41, 5.74) is 5.49. The number of guanidine groups is 1. The lowest BCUT2D eigenvalue weighted by Gasteiger charge is -2.26. The molecule has 0 aromatic rings. The topological polar surface area (TPSA) is 161 Å². The number of nitrogens with two attached hydrogens (primary N) is 1. The molecule has 2 saturated heterocycles. The summed E-state index contributed by atoms with van der Waals surface area (Å²) < 4.78 is 5.37. The molecular weight excluding hydrogens is 322 g/mol. The number of amides is 3. The molecule has 0 bridgehead atoms. The zero-order valence-electron chi connectivity index (χ0n) is 12.5. The van der Waals surface area contributed by atoms with Gasteiger partial charge in [-0.1, -0.05) is 6.08 Å². The van der Waals surface area contributed by atoms with Crippen LogP contribution in [0.2, 0.25) is 0 Å². The Morgan fingerprint density at radius 2 is 2.00 bits per heavy atom. The van der Waals surface area contributed by atoms with Crippen LogP contribution >= 0.6 is 0 Å². The molecular formula is C13H17N5O6. The second kappa shape index (κ2) is 5.94. The van der Waals surface area contributed by atoms with E-state index < -0.39 is 49.1 Å². The molecule has 0 aromatic heterocycles. The molecule has 0 aromatic carbocycles. The Labute approximate surface area is 136 Å². The van der Waals surface area contributed by atoms with Crippen molar-refractivity contribution < 1.29 is 29.6 Å². The Balaban J connectivity index is 2.00. The van der Waals surface area contributed by atoms with Gasteiger partial charge in [-0.2, -0.15) is 9.98 Å². The largest absolute Gasteiger partial charge is 0.394 e. The molecule has 5 atom stereocenters. The number of urea groups is 1. The molecule has 3 heterocycles. The number of aliphatic hydroxyl groups is 3. The van der Waals surface area contributed by atoms with Gasteiger partial charge < -0.3 is 30.7 Å². The quantitative estimate of drug-likeness (QED) is 0.396. The fourth-order valence-electron chi connectivity index (χ4n) is 2.95. The van der Waals surface area contributed by atoms with Crippen molar-refractivity contribution in [2.24, 2.45) is 15.7 Å². The van der Waals surface area contributed by atoms with Crippen LogP contribution in [0.3, 0.4) is 0 Å². The summed E-state index contributed by atoms with van der Waals surface area (Å²) in [5.74, 6) is -1.05. The normalized spacial score (nSPS) is 35.9. The molecule has 1 unspecified atom stereocenters. The Bertz CT molecular complexity index is 649. The maximum Gasteiger partial charge on any atom is 0.329 e. The predicted octanol–water partition coefficient (Wildman–Crippen LogP) is -3.03. The SMILES string of the molecule is C=CCN1C(=O)N([C@@H]2O[C@H](CO)[C@@H](O)[C@H]2O)C2=NC(N)=NC(=O)C21. The number of carbonyl (C=O) groups is 2. The molecule has 3 aliphatic heterocycles. The average Bonchev–Trinajstić information content (AvgIpc) is 2.96. The number of hydrogen-bond donors (Lipinski definition) is 4. The second-order valence-corrected chi connectivity index (χ2v) is 5.50. The monoisotopic (exact) mass is 339 g/mol. The minimum Gasteiger partial charge on any atom is -0.394 e. The van der Waals surface area contributed by atoms with E-state index in [1.807, 2.05) is 0 Å². The molecule has 0 aliphatic carbocycles. The van der Waals surface area contributed by atoms with E-state index in [2.05, 4.69) is 16.6 Å². The van der Waals surface area contributed by atoms with Crippen LogP contribution in [0.5, 0.6) is 0 Å². The van der Waals surface area contributed by atoms with Gasteiger partial charge in [-0.05, 0) is 0 Å². The summed E-state index contributed by atoms with van der Waals surface area (Å²) in [6.07, 6.45) is -3.86. The molecule has 130 valence electrons. The van der Waals surface area contributed by atoms with Gasteiger partial charge in [0, 0.05) is 6.54 Å². The van der Waals surface area contributed by atoms with Crippen LogP contribution in [-0.2, 0) is 9.53 Å². The van der Waals surface area contributed by atoms with Gasteiger partial charge in [-0.3, -0.25) is 4.79 Å². The third kappa shape index (κ3) is 2.29. The maximum atomic E-state index is 12.7. The van der Waals surface area contributed by atoms with Gasteiger partial charge in [0.25, 0.3) is 5.91 Å². The molecule has 0 radical (unpaired) electrons. The smallest absolute Gasteiger partial charge is 0.329 e. The van der Waals surface area contributed by atoms with Crippen molar-refractivity contribution in [2.75, 3.05) is 13.2 Å². The molecule has 2 fully saturated rings. The van der Waals surface area contributed by atoms with Crippen LogP contribution in [0, 0.1) is 0 Å². The Hall–Kier alpha value is -2.34. The van der Waals surface area contributed by atoms with Crippen molar-refractivity contribution >= 4 is 23.7 Å². The summed E-state index contributed by atoms with van der Waals surface area (Å²) in [5, 5.41) is 29.2. The van der Waals surface area contributed by atoms with Crippen LogP contribution in [-0.4, -0.2) is 92.6 Å². The number of rotatable bonds is 4. The van der Waals surface area contributed by atoms with Crippen LogP contribution in [0.1, 0.15) is 0 Å². The highest BCUT2D eigenvalue weighted by Gasteiger charge is 2.56. The summed E-state index contributed by atoms with van der Waals surface area (Å²) in [6, 6.07) is -1.78. The van der Waals surface area contributed by atoms with Crippen molar-refractivity contribution in [3.05, 3.63) is 12.7 Å². The molecule has 24 heavy (non-hydrogen) atoms. The predicted molar refractivity (Wildman–Crippen MR) is 79.8 cm³/mol. The third-order valence-electron chi connectivity index (χ3n) is 4.04. The van der Waals surface area contributed by atoms with Gasteiger partial charge in [0.15, 0.2) is 18.1 Å². The van der Waals surface area contributed by atoms with Crippen molar-refractivity contribution in [1.29, 1.82) is 0 Å². The highest BCUT2D eigenvalue weighted by molar-refractivity contribution is 6.24. The fraction of sp³-hybridized carbons (Fsp3) is 0.538. The Morgan fingerprint density at radius 3 is 2.58 bits per heavy atom. The highest BCUT2D eigenvalue weighted by Crippen LogP contribution is 2.31. The molecule has 0 saturated carbocycles. The van der Waals surface area contributed by atoms with E-state index in [1.165, 1.54) is 6.08 Å². The standard InChI is InChI=1S/C13H17N5O6/c1-2-3-17-6-9(15-12(14)16-10(6)22)18(13(17)23)11-8(21)7(20)5(4-19)24-11/h2,5-8,11,19-21H,1,3-4H2,(H2,14,16,22)/t5-,6?,7-,8-,11-/m1/s1. The number of nitrogens with zero attached hydrogens (tertiary/aromatic N) is 4. The van der Waals surface area contributed by atoms with E-state index in [0.29, 0.717) is 0 Å². The van der Waals surface area contributed by atoms with Gasteiger partial charge in [0.1, 0.15) is 18.3 Å². The van der Waals surface area contributed by atoms with Crippen molar-refractivity contribution in [2.45, 2.75) is 30.6 Å². The first-order valence-electron chi connectivity index (χ1n) is 7.20. The number of aliphatic hydroxyl groups excluding tert-OH is 3. The van der Waals surface area contributed by atoms with Gasteiger partial charge in [0.05, 0.1) is 6.61 Å². The molecule has 0 spiro atoms. The van der Waals surface area contributed by atoms with E-state index in [9.17, 15) is 24.9 Å². The van der Waals surface area contributed by atoms with E-state index in [0.717, 1.165) is 9.80 Å². The van der Waals surface area contributed by atoms with Crippen LogP contribution in [0.25, 0.3) is 0 Å². The number of fused-ring (bicyclic) bond motifs is 1. The van der Waals surface area contributed by atoms with Gasteiger partial charge in [0.2, 0.25) is 5.96 Å². The van der Waals surface area contributed by atoms with Crippen LogP contribution in [0.4, 0.5) is 4.79 Å². The van der Waals surface area contributed by atoms with Crippen molar-refractivity contribution in [1.82, 2.24) is 9.80 Å². The van der Waals surface area contributed by atoms with Crippen molar-refractivity contribution in [3.8, 4) is 0 Å². The van der Waals surface area contributed by atoms with E-state index in [1.54, 1.807) is 0 Å². The van der Waals surface area contributed by atoms with E-state index in [4.69, 9.17) is 10.5 Å². The summed E-state index contributed by atoms with van der Waals surface area (Å²) in [4.78, 5) is 34.4. The molecule has 11 heteroatoms. The zero-order valence-corrected chi connectivity index (χ0v) is 12.5. The van der Waals surface area contributed by atoms with Gasteiger partial charge in [-0.15, -0.1) is 6.58 Å². The number of amidine groups is 1. The molecule has 3 amide bonds. The number of carbonyl (C=O) groups excluding carboxylic acids is 2. The first kappa shape index (κ1) is 16.5. The number of ether oxygens (including phenoxy) is 1. The lowest BCUT2D eigenvalue weighted by molar-refractivity contribution is -0.119. The Kier molecular flexibility index (Phi) is 4.09. The molecule has 3 aliphatic rings. The zero-order chi connectivity index (χ0) is 17.6. The summed E-state index contributed by atoms with van der Waals surface area (Å²) in [7, 11) is 0. The van der Waals surface area contributed by atoms with Gasteiger partial charge in [-0.25, -0.2) is 9.69 Å². The average molecular weight is 339 g/mol. The number of aliphatic imine (C=N–C) groups is 2. The minimum absolute atomic E-state index is 0.0367. The third-order valence-corrected chi connectivity index (χ3v) is 4.04. The highest BCUT2D eigenvalue weighted by atomic mass is 16.6. The Morgan fingerprint density at radius 1 is 1.29 bits per heavy atom. The first-order chi connectivity index (χ1) is 11.4. The minimum atomic E-state index is -1.49. The van der Waals surface area contributed by atoms with E-state index in [-0.39, 0.29) is 18.3 Å². The van der Waals surface area contributed by atoms with Crippen molar-refractivity contribution in [3.63, 3.8) is 0 Å². The lowest BCUT2D eigenvalue weighted by atomic mass is 10.1. The molecule has 3 rings (SSSR count). The maximum absolute atomic E-state index is 12.7. The molecule has 5 N–H and O–H groups in total. The molecule has 11 nitrogen and oxygen atoms in total. The van der Waals surface area contributed by atoms with Crippen LogP contribution < -0.4 is 5.73 Å². The summed E-state index contributed by atoms with van der Waals surface area (Å²) in [6.45, 7) is 3.02. The summed E-state index contributed by atoms with van der Waals surface area (Å²) >= 11 is 0. The fourth-order valence-corrected chi connectivity index (χ4v) is 2.95. The lowest BCUT2D eigenvalue weighted by Crippen LogP contribution is -2.49. The van der Waals surface area contributed by atoms with Crippen LogP contribution in [0.15, 0.2) is 22.6 Å². The second-order valence-electron chi connectivity index (χ2n) is 5.50.